The number of hydrogen-bond donors (Lipinski definition) is 3. The van der Waals surface area contributed by atoms with Crippen molar-refractivity contribution in [1.82, 2.24) is 0 Å². The van der Waals surface area contributed by atoms with Crippen LogP contribution >= 0.6 is 0 Å². The molecule has 0 aromatic heterocycles. The lowest BCUT2D eigenvalue weighted by molar-refractivity contribution is -0.284. The lowest BCUT2D eigenvalue weighted by Crippen LogP contribution is -2.36. The van der Waals surface area contributed by atoms with Gasteiger partial charge < -0.3 is 26.0 Å². The van der Waals surface area contributed by atoms with E-state index in [0.29, 0.717) is 23.4 Å². The third-order valence-electron chi connectivity index (χ3n) is 5.95. The number of hydrogen-bond acceptors (Lipinski definition) is 6. The first kappa shape index (κ1) is 30.9. The molecule has 12 heteroatoms. The molecule has 0 aliphatic carbocycles. The number of carboxylic acids is 1. The molecule has 0 aliphatic rings. The number of esters is 1. The van der Waals surface area contributed by atoms with Crippen molar-refractivity contribution in [2.75, 3.05) is 18.1 Å². The summed E-state index contributed by atoms with van der Waals surface area (Å²) in [5, 5.41) is 9.60. The summed E-state index contributed by atoms with van der Waals surface area (Å²) in [5.74, 6) is -6.22. The fourth-order valence-electron chi connectivity index (χ4n) is 3.66. The second kappa shape index (κ2) is 13.2. The molecule has 41 heavy (non-hydrogen) atoms. The van der Waals surface area contributed by atoms with Crippen LogP contribution in [0.5, 0.6) is 11.5 Å². The van der Waals surface area contributed by atoms with Crippen molar-refractivity contribution in [3.8, 4) is 11.5 Å². The average Bonchev–Trinajstić information content (AvgIpc) is 2.90. The Hall–Kier alpha value is -4.61. The molecule has 0 aliphatic heterocycles. The van der Waals surface area contributed by atoms with Crippen molar-refractivity contribution in [1.29, 1.82) is 0 Å². The minimum absolute atomic E-state index is 0.144. The van der Waals surface area contributed by atoms with Gasteiger partial charge in [-0.1, -0.05) is 18.2 Å². The number of benzene rings is 3. The van der Waals surface area contributed by atoms with E-state index in [1.54, 1.807) is 30.3 Å². The number of carboxylic acid groups (broad SMARTS) is 1. The molecule has 0 saturated carbocycles. The lowest BCUT2D eigenvalue weighted by atomic mass is 10.0. The van der Waals surface area contributed by atoms with E-state index in [0.717, 1.165) is 5.56 Å². The molecule has 0 saturated heterocycles. The fraction of sp³-hybridized carbons (Fsp3) is 0.241. The van der Waals surface area contributed by atoms with Crippen molar-refractivity contribution in [3.63, 3.8) is 0 Å². The Morgan fingerprint density at radius 2 is 1.51 bits per heavy atom. The van der Waals surface area contributed by atoms with Gasteiger partial charge in [-0.05, 0) is 85.0 Å². The molecule has 0 radical (unpaired) electrons. The topological polar surface area (TPSA) is 125 Å². The van der Waals surface area contributed by atoms with Crippen LogP contribution in [-0.4, -0.2) is 35.8 Å². The number of nitrogen functional groups attached to an aromatic ring is 2. The molecule has 3 aromatic carbocycles. The van der Waals surface area contributed by atoms with Crippen molar-refractivity contribution < 1.29 is 46.1 Å². The van der Waals surface area contributed by atoms with Crippen LogP contribution in [-0.2, 0) is 11.2 Å². The van der Waals surface area contributed by atoms with Gasteiger partial charge in [-0.15, -0.1) is 0 Å². The Bertz CT molecular complexity index is 1390. The summed E-state index contributed by atoms with van der Waals surface area (Å²) in [6, 6.07) is 16.6. The van der Waals surface area contributed by atoms with E-state index >= 15 is 0 Å². The van der Waals surface area contributed by atoms with Crippen molar-refractivity contribution in [2.24, 2.45) is 0 Å². The molecule has 0 fully saturated rings. The van der Waals surface area contributed by atoms with Gasteiger partial charge >= 0.3 is 24.0 Å². The molecule has 5 N–H and O–H groups in total. The third kappa shape index (κ3) is 8.95. The van der Waals surface area contributed by atoms with Crippen LogP contribution < -0.4 is 20.9 Å². The molecule has 0 atom stereocenters. The molecule has 218 valence electrons. The first-order valence-corrected chi connectivity index (χ1v) is 12.3. The molecule has 3 aromatic rings. The van der Waals surface area contributed by atoms with Crippen LogP contribution in [0, 0.1) is 0 Å². The van der Waals surface area contributed by atoms with Crippen LogP contribution in [0.3, 0.4) is 0 Å². The largest absolute Gasteiger partial charge is 0.494 e. The molecule has 3 rings (SSSR count). The fourth-order valence-corrected chi connectivity index (χ4v) is 3.66. The van der Waals surface area contributed by atoms with E-state index in [2.05, 4.69) is 0 Å². The van der Waals surface area contributed by atoms with Gasteiger partial charge in [-0.25, -0.2) is 9.59 Å². The van der Waals surface area contributed by atoms with E-state index in [-0.39, 0.29) is 35.7 Å². The summed E-state index contributed by atoms with van der Waals surface area (Å²) in [7, 11) is 0. The number of nitrogens with two attached hydrogens (primary N) is 2. The molecule has 7 nitrogen and oxygen atoms in total. The first-order valence-electron chi connectivity index (χ1n) is 12.3. The zero-order chi connectivity index (χ0) is 30.2. The highest BCUT2D eigenvalue weighted by Crippen LogP contribution is 2.38. The summed E-state index contributed by atoms with van der Waals surface area (Å²) in [6.45, 7) is -0.357. The van der Waals surface area contributed by atoms with Crippen LogP contribution in [0.2, 0.25) is 0 Å². The third-order valence-corrected chi connectivity index (χ3v) is 5.95. The first-order chi connectivity index (χ1) is 19.2. The van der Waals surface area contributed by atoms with Crippen molar-refractivity contribution in [3.05, 3.63) is 89.0 Å². The van der Waals surface area contributed by atoms with Gasteiger partial charge in [-0.2, -0.15) is 22.0 Å². The number of halogens is 5. The Kier molecular flexibility index (Phi) is 9.93. The highest BCUT2D eigenvalue weighted by molar-refractivity contribution is 5.93. The zero-order valence-electron chi connectivity index (χ0n) is 21.6. The van der Waals surface area contributed by atoms with Gasteiger partial charge in [-0.3, -0.25) is 0 Å². The molecular weight excluding hydrogens is 551 g/mol. The number of aryl methyl sites for hydroxylation is 1. The van der Waals surface area contributed by atoms with E-state index in [9.17, 15) is 36.6 Å². The maximum absolute atomic E-state index is 12.9. The van der Waals surface area contributed by atoms with Crippen LogP contribution in [0.1, 0.15) is 40.7 Å². The van der Waals surface area contributed by atoms with E-state index in [1.165, 1.54) is 42.5 Å². The average molecular weight is 579 g/mol. The number of aliphatic carboxylic acids is 1. The summed E-state index contributed by atoms with van der Waals surface area (Å²) in [4.78, 5) is 24.2. The van der Waals surface area contributed by atoms with E-state index in [1.807, 2.05) is 0 Å². The molecule has 0 unspecified atom stereocenters. The highest BCUT2D eigenvalue weighted by Gasteiger charge is 2.56. The number of carbonyl (C=O) groups excluding carboxylic acids is 1. The predicted octanol–water partition coefficient (Wildman–Crippen LogP) is 6.53. The number of anilines is 2. The van der Waals surface area contributed by atoms with Gasteiger partial charge in [0.2, 0.25) is 0 Å². The highest BCUT2D eigenvalue weighted by atomic mass is 19.4. The molecule has 0 heterocycles. The maximum atomic E-state index is 12.9. The molecule has 0 amide bonds. The second-order valence-corrected chi connectivity index (χ2v) is 9.07. The minimum Gasteiger partial charge on any atom is -0.494 e. The Morgan fingerprint density at radius 3 is 2.10 bits per heavy atom. The zero-order valence-corrected chi connectivity index (χ0v) is 21.6. The number of rotatable bonds is 12. The lowest BCUT2D eigenvalue weighted by Gasteiger charge is -2.19. The summed E-state index contributed by atoms with van der Waals surface area (Å²) < 4.78 is 72.9. The van der Waals surface area contributed by atoms with E-state index < -0.39 is 36.9 Å². The summed E-state index contributed by atoms with van der Waals surface area (Å²) in [5.41, 5.74) is 14.3. The predicted molar refractivity (Wildman–Crippen MR) is 143 cm³/mol. The minimum atomic E-state index is -5.61. The Morgan fingerprint density at radius 1 is 0.878 bits per heavy atom. The maximum Gasteiger partial charge on any atom is 0.453 e. The Balaban J connectivity index is 1.53. The Labute approximate surface area is 232 Å². The van der Waals surface area contributed by atoms with Gasteiger partial charge in [0, 0.05) is 23.4 Å². The van der Waals surface area contributed by atoms with Crippen molar-refractivity contribution >= 4 is 29.4 Å². The summed E-state index contributed by atoms with van der Waals surface area (Å²) in [6.07, 6.45) is -5.41. The van der Waals surface area contributed by atoms with Gasteiger partial charge in [0.1, 0.15) is 11.5 Å². The number of alkyl halides is 5. The second-order valence-electron chi connectivity index (χ2n) is 9.07. The number of ether oxygens (including phenoxy) is 2. The standard InChI is InChI=1S/C29H27F5N2O5/c30-28(31,29(32,33)34)14-1-15-40-23-10-12-24(13-11-23)41-27(39)20-4-2-18(3-5-20)16-21(26(37)38)7-6-19-8-9-22(35)17-25(19)36/h2-5,8-13,16-17H,1,6-7,14-15,35-36H2,(H,37,38). The molecule has 0 bridgehead atoms. The van der Waals surface area contributed by atoms with Gasteiger partial charge in [0.05, 0.1) is 12.2 Å². The van der Waals surface area contributed by atoms with E-state index in [4.69, 9.17) is 20.9 Å². The van der Waals surface area contributed by atoms with Gasteiger partial charge in [0.25, 0.3) is 0 Å². The quantitative estimate of drug-likeness (QED) is 0.0558. The van der Waals surface area contributed by atoms with Crippen molar-refractivity contribution in [2.45, 2.75) is 37.8 Å². The van der Waals surface area contributed by atoms with Crippen LogP contribution in [0.4, 0.5) is 33.3 Å². The molecular formula is C29H27F5N2O5. The summed E-state index contributed by atoms with van der Waals surface area (Å²) >= 11 is 0. The normalized spacial score (nSPS) is 12.2. The SMILES string of the molecule is Nc1ccc(CCC(=Cc2ccc(C(=O)Oc3ccc(OCCCC(F)(F)C(F)(F)F)cc3)cc2)C(=O)O)c(N)c1. The van der Waals surface area contributed by atoms with Crippen LogP contribution in [0.15, 0.2) is 72.3 Å². The number of carbonyl (C=O) groups is 2. The van der Waals surface area contributed by atoms with Crippen LogP contribution in [0.25, 0.3) is 6.08 Å². The van der Waals surface area contributed by atoms with Gasteiger partial charge in [0.15, 0.2) is 0 Å². The monoisotopic (exact) mass is 578 g/mol. The molecule has 0 spiro atoms. The smallest absolute Gasteiger partial charge is 0.453 e.